The van der Waals surface area contributed by atoms with Crippen LogP contribution in [0.25, 0.3) is 0 Å². The number of hydrogen-bond donors (Lipinski definition) is 1. The van der Waals surface area contributed by atoms with Gasteiger partial charge in [0.1, 0.15) is 4.90 Å². The lowest BCUT2D eigenvalue weighted by molar-refractivity contribution is 0.561. The standard InChI is InChI=1S/C11H10ClNO3S/c12-10-3-1-2-4-11(10)17(14,15)13-7-9-5-6-16-8-9/h1-6,8,13H,7H2. The number of rotatable bonds is 4. The summed E-state index contributed by atoms with van der Waals surface area (Å²) in [4.78, 5) is 0.0742. The van der Waals surface area contributed by atoms with Crippen molar-refractivity contribution in [2.75, 3.05) is 0 Å². The van der Waals surface area contributed by atoms with E-state index >= 15 is 0 Å². The number of hydrogen-bond acceptors (Lipinski definition) is 3. The molecule has 0 aliphatic heterocycles. The molecule has 4 nitrogen and oxygen atoms in total. The molecule has 0 radical (unpaired) electrons. The quantitative estimate of drug-likeness (QED) is 0.929. The lowest BCUT2D eigenvalue weighted by Gasteiger charge is -2.06. The van der Waals surface area contributed by atoms with Gasteiger partial charge in [0.05, 0.1) is 17.5 Å². The van der Waals surface area contributed by atoms with Gasteiger partial charge in [0.25, 0.3) is 0 Å². The van der Waals surface area contributed by atoms with E-state index in [4.69, 9.17) is 16.0 Å². The van der Waals surface area contributed by atoms with Crippen molar-refractivity contribution < 1.29 is 12.8 Å². The van der Waals surface area contributed by atoms with Gasteiger partial charge < -0.3 is 4.42 Å². The molecular formula is C11H10ClNO3S. The molecular weight excluding hydrogens is 262 g/mol. The van der Waals surface area contributed by atoms with Crippen molar-refractivity contribution in [2.24, 2.45) is 0 Å². The fourth-order valence-electron chi connectivity index (χ4n) is 1.31. The van der Waals surface area contributed by atoms with Gasteiger partial charge in [-0.3, -0.25) is 0 Å². The van der Waals surface area contributed by atoms with E-state index in [-0.39, 0.29) is 16.5 Å². The largest absolute Gasteiger partial charge is 0.472 e. The Kier molecular flexibility index (Phi) is 3.51. The summed E-state index contributed by atoms with van der Waals surface area (Å²) in [7, 11) is -3.59. The van der Waals surface area contributed by atoms with Crippen molar-refractivity contribution in [2.45, 2.75) is 11.4 Å². The second-order valence-corrected chi connectivity index (χ2v) is 5.53. The zero-order valence-electron chi connectivity index (χ0n) is 8.76. The predicted molar refractivity (Wildman–Crippen MR) is 64.2 cm³/mol. The number of halogens is 1. The van der Waals surface area contributed by atoms with Gasteiger partial charge in [0, 0.05) is 12.1 Å². The zero-order valence-corrected chi connectivity index (χ0v) is 10.3. The first-order chi connectivity index (χ1) is 8.09. The van der Waals surface area contributed by atoms with E-state index in [1.165, 1.54) is 24.7 Å². The van der Waals surface area contributed by atoms with E-state index in [0.717, 1.165) is 5.56 Å². The van der Waals surface area contributed by atoms with Crippen LogP contribution in [0.2, 0.25) is 5.02 Å². The minimum absolute atomic E-state index is 0.0742. The summed E-state index contributed by atoms with van der Waals surface area (Å²) < 4.78 is 31.1. The molecule has 0 fully saturated rings. The number of nitrogens with one attached hydrogen (secondary N) is 1. The molecule has 90 valence electrons. The Morgan fingerprint density at radius 3 is 2.65 bits per heavy atom. The van der Waals surface area contributed by atoms with E-state index in [1.807, 2.05) is 0 Å². The van der Waals surface area contributed by atoms with Gasteiger partial charge in [-0.15, -0.1) is 0 Å². The highest BCUT2D eigenvalue weighted by Crippen LogP contribution is 2.20. The lowest BCUT2D eigenvalue weighted by Crippen LogP contribution is -2.23. The van der Waals surface area contributed by atoms with Crippen LogP contribution in [0.1, 0.15) is 5.56 Å². The Hall–Kier alpha value is -1.30. The highest BCUT2D eigenvalue weighted by atomic mass is 35.5. The summed E-state index contributed by atoms with van der Waals surface area (Å²) in [5.41, 5.74) is 0.751. The summed E-state index contributed by atoms with van der Waals surface area (Å²) in [6, 6.07) is 7.98. The van der Waals surface area contributed by atoms with Gasteiger partial charge in [-0.25, -0.2) is 13.1 Å². The van der Waals surface area contributed by atoms with Crippen LogP contribution in [-0.2, 0) is 16.6 Å². The van der Waals surface area contributed by atoms with Crippen LogP contribution in [0.4, 0.5) is 0 Å². The summed E-state index contributed by atoms with van der Waals surface area (Å²) in [6.45, 7) is 0.171. The Labute approximate surface area is 104 Å². The molecule has 0 atom stereocenters. The minimum Gasteiger partial charge on any atom is -0.472 e. The van der Waals surface area contributed by atoms with Crippen LogP contribution in [-0.4, -0.2) is 8.42 Å². The molecule has 17 heavy (non-hydrogen) atoms. The smallest absolute Gasteiger partial charge is 0.242 e. The third-order valence-corrected chi connectivity index (χ3v) is 4.07. The molecule has 6 heteroatoms. The van der Waals surface area contributed by atoms with Gasteiger partial charge in [-0.2, -0.15) is 0 Å². The monoisotopic (exact) mass is 271 g/mol. The van der Waals surface area contributed by atoms with Crippen LogP contribution < -0.4 is 4.72 Å². The van der Waals surface area contributed by atoms with E-state index in [9.17, 15) is 8.42 Å². The van der Waals surface area contributed by atoms with Crippen molar-refractivity contribution >= 4 is 21.6 Å². The van der Waals surface area contributed by atoms with E-state index < -0.39 is 10.0 Å². The highest BCUT2D eigenvalue weighted by molar-refractivity contribution is 7.89. The molecule has 1 N–H and O–H groups in total. The van der Waals surface area contributed by atoms with Gasteiger partial charge in [-0.1, -0.05) is 23.7 Å². The maximum atomic E-state index is 11.9. The van der Waals surface area contributed by atoms with Crippen LogP contribution in [0.5, 0.6) is 0 Å². The first-order valence-corrected chi connectivity index (χ1v) is 6.71. The molecule has 0 saturated heterocycles. The van der Waals surface area contributed by atoms with E-state index in [2.05, 4.69) is 4.72 Å². The maximum absolute atomic E-state index is 11.9. The van der Waals surface area contributed by atoms with Crippen molar-refractivity contribution in [3.63, 3.8) is 0 Å². The van der Waals surface area contributed by atoms with Crippen LogP contribution in [0, 0.1) is 0 Å². The van der Waals surface area contributed by atoms with Crippen molar-refractivity contribution in [1.29, 1.82) is 0 Å². The second-order valence-electron chi connectivity index (χ2n) is 3.39. The Morgan fingerprint density at radius 1 is 1.24 bits per heavy atom. The molecule has 0 bridgehead atoms. The first-order valence-electron chi connectivity index (χ1n) is 4.85. The van der Waals surface area contributed by atoms with Crippen LogP contribution in [0.15, 0.2) is 52.2 Å². The first kappa shape index (κ1) is 12.2. The van der Waals surface area contributed by atoms with Gasteiger partial charge in [0.2, 0.25) is 10.0 Å². The minimum atomic E-state index is -3.59. The zero-order chi connectivity index (χ0) is 12.3. The fourth-order valence-corrected chi connectivity index (χ4v) is 2.85. The fraction of sp³-hybridized carbons (Fsp3) is 0.0909. The Balaban J connectivity index is 2.17. The van der Waals surface area contributed by atoms with Gasteiger partial charge >= 0.3 is 0 Å². The Morgan fingerprint density at radius 2 is 2.00 bits per heavy atom. The molecule has 0 saturated carbocycles. The van der Waals surface area contributed by atoms with Gasteiger partial charge in [0.15, 0.2) is 0 Å². The summed E-state index contributed by atoms with van der Waals surface area (Å²) >= 11 is 5.83. The van der Waals surface area contributed by atoms with E-state index in [0.29, 0.717) is 0 Å². The van der Waals surface area contributed by atoms with Crippen LogP contribution >= 0.6 is 11.6 Å². The third-order valence-electron chi connectivity index (χ3n) is 2.17. The summed E-state index contributed by atoms with van der Waals surface area (Å²) in [5.74, 6) is 0. The molecule has 1 aromatic heterocycles. The lowest BCUT2D eigenvalue weighted by atomic mass is 10.4. The molecule has 1 aromatic carbocycles. The molecule has 0 spiro atoms. The molecule has 2 aromatic rings. The van der Waals surface area contributed by atoms with Gasteiger partial charge in [-0.05, 0) is 18.2 Å². The van der Waals surface area contributed by atoms with Crippen molar-refractivity contribution in [1.82, 2.24) is 4.72 Å². The molecule has 0 aliphatic rings. The maximum Gasteiger partial charge on any atom is 0.242 e. The number of sulfonamides is 1. The molecule has 1 heterocycles. The highest BCUT2D eigenvalue weighted by Gasteiger charge is 2.16. The van der Waals surface area contributed by atoms with E-state index in [1.54, 1.807) is 18.2 Å². The average Bonchev–Trinajstić information content (AvgIpc) is 2.80. The summed E-state index contributed by atoms with van der Waals surface area (Å²) in [6.07, 6.45) is 2.97. The average molecular weight is 272 g/mol. The number of furan rings is 1. The molecule has 0 aliphatic carbocycles. The topological polar surface area (TPSA) is 59.3 Å². The van der Waals surface area contributed by atoms with Crippen LogP contribution in [0.3, 0.4) is 0 Å². The SMILES string of the molecule is O=S(=O)(NCc1ccoc1)c1ccccc1Cl. The molecule has 0 amide bonds. The Bertz CT molecular complexity index is 593. The second kappa shape index (κ2) is 4.91. The predicted octanol–water partition coefficient (Wildman–Crippen LogP) is 2.41. The molecule has 0 unspecified atom stereocenters. The molecule has 2 rings (SSSR count). The third kappa shape index (κ3) is 2.88. The van der Waals surface area contributed by atoms with Crippen molar-refractivity contribution in [3.8, 4) is 0 Å². The summed E-state index contributed by atoms with van der Waals surface area (Å²) in [5, 5.41) is 0.201. The number of benzene rings is 1. The normalized spacial score (nSPS) is 11.6. The van der Waals surface area contributed by atoms with Crippen molar-refractivity contribution in [3.05, 3.63) is 53.4 Å².